The topological polar surface area (TPSA) is 132 Å². The average Bonchev–Trinajstić information content (AvgIpc) is 2.86. The molecule has 0 spiro atoms. The van der Waals surface area contributed by atoms with Gasteiger partial charge in [-0.05, 0) is 44.7 Å². The second kappa shape index (κ2) is 22.3. The number of carbonyl (C=O) groups excluding carboxylic acids is 1. The number of nitrogens with two attached hydrogens (primary N) is 2. The van der Waals surface area contributed by atoms with Crippen molar-refractivity contribution in [1.82, 2.24) is 5.32 Å². The van der Waals surface area contributed by atoms with E-state index in [2.05, 4.69) is 44.9 Å². The van der Waals surface area contributed by atoms with Gasteiger partial charge in [-0.1, -0.05) is 79.2 Å². The van der Waals surface area contributed by atoms with Gasteiger partial charge in [-0.15, -0.1) is 0 Å². The molecule has 1 fully saturated rings. The molecule has 226 valence electrons. The predicted molar refractivity (Wildman–Crippen MR) is 166 cm³/mol. The summed E-state index contributed by atoms with van der Waals surface area (Å²) in [5.74, 6) is 2.25. The molecule has 0 bridgehead atoms. The Balaban J connectivity index is 0. The molecule has 8 nitrogen and oxygen atoms in total. The number of methoxy groups -OCH3 is 2. The number of aliphatic hydroxyl groups is 1. The minimum Gasteiger partial charge on any atom is -0.496 e. The number of amidine groups is 1. The third-order valence-electron chi connectivity index (χ3n) is 5.01. The molecule has 8 heteroatoms. The van der Waals surface area contributed by atoms with Crippen molar-refractivity contribution in [3.05, 3.63) is 29.8 Å². The van der Waals surface area contributed by atoms with Gasteiger partial charge in [0.05, 0.1) is 37.6 Å². The number of benzene rings is 1. The molecular weight excluding hydrogens is 492 g/mol. The van der Waals surface area contributed by atoms with Crippen LogP contribution in [0.1, 0.15) is 99.5 Å². The van der Waals surface area contributed by atoms with Crippen LogP contribution >= 0.6 is 0 Å². The van der Waals surface area contributed by atoms with Crippen molar-refractivity contribution in [2.75, 3.05) is 27.3 Å². The number of ether oxygens (including phenoxy) is 2. The third kappa shape index (κ3) is 22.0. The number of aliphatic imine (C=N–C) groups is 1. The van der Waals surface area contributed by atoms with E-state index in [4.69, 9.17) is 26.0 Å². The van der Waals surface area contributed by atoms with E-state index in [1.54, 1.807) is 41.1 Å². The van der Waals surface area contributed by atoms with Crippen molar-refractivity contribution in [3.63, 3.8) is 0 Å². The van der Waals surface area contributed by atoms with Crippen molar-refractivity contribution < 1.29 is 19.4 Å². The fourth-order valence-corrected chi connectivity index (χ4v) is 3.32. The summed E-state index contributed by atoms with van der Waals surface area (Å²) in [5.41, 5.74) is 12.0. The molecule has 1 aromatic rings. The van der Waals surface area contributed by atoms with Crippen LogP contribution in [0.15, 0.2) is 29.3 Å². The first-order chi connectivity index (χ1) is 18.2. The van der Waals surface area contributed by atoms with E-state index in [9.17, 15) is 4.79 Å². The maximum absolute atomic E-state index is 11.4. The molecule has 1 amide bonds. The quantitative estimate of drug-likeness (QED) is 0.233. The van der Waals surface area contributed by atoms with Crippen LogP contribution in [0.3, 0.4) is 0 Å². The zero-order chi connectivity index (χ0) is 30.4. The van der Waals surface area contributed by atoms with Gasteiger partial charge in [0.25, 0.3) is 5.91 Å². The maximum atomic E-state index is 11.4. The number of hydrogen-bond donors (Lipinski definition) is 4. The standard InChI is InChI=1S/C17H26N4O3.C7H14.C4H10O.C3H8/c1-11(2)10-20-12(8-15(19)21-16(22)9-18)17-13(23-3)6-5-7-14(17)24-4;1-7-5-3-2-4-6-7;1-4(2,3)5;1-3-2/h5-8,11,20H,9-10,18H2,1-4H3,(H2,19,21,22);7H,2-6H2,1H3;5H,1-3H3;3H2,1-2H3/b12-8-;;;. The molecule has 0 radical (unpaired) electrons. The Morgan fingerprint density at radius 3 is 1.92 bits per heavy atom. The smallest absolute Gasteiger partial charge is 0.261 e. The molecule has 0 atom stereocenters. The summed E-state index contributed by atoms with van der Waals surface area (Å²) in [6, 6.07) is 5.47. The molecule has 0 aliphatic heterocycles. The molecule has 0 heterocycles. The van der Waals surface area contributed by atoms with Gasteiger partial charge < -0.3 is 31.4 Å². The molecule has 39 heavy (non-hydrogen) atoms. The van der Waals surface area contributed by atoms with E-state index in [1.807, 2.05) is 18.2 Å². The molecule has 0 unspecified atom stereocenters. The molecule has 1 aliphatic carbocycles. The Morgan fingerprint density at radius 1 is 1.13 bits per heavy atom. The van der Waals surface area contributed by atoms with Gasteiger partial charge in [0, 0.05) is 12.6 Å². The highest BCUT2D eigenvalue weighted by Crippen LogP contribution is 2.33. The normalized spacial score (nSPS) is 14.1. The number of hydrogen-bond acceptors (Lipinski definition) is 6. The average molecular weight is 551 g/mol. The zero-order valence-electron chi connectivity index (χ0n) is 26.4. The molecule has 1 saturated carbocycles. The third-order valence-corrected chi connectivity index (χ3v) is 5.01. The Bertz CT molecular complexity index is 811. The summed E-state index contributed by atoms with van der Waals surface area (Å²) in [5, 5.41) is 11.8. The summed E-state index contributed by atoms with van der Waals surface area (Å²) >= 11 is 0. The second-order valence-corrected chi connectivity index (χ2v) is 11.1. The number of nitrogens with one attached hydrogen (secondary N) is 1. The molecular formula is C31H58N4O4. The summed E-state index contributed by atoms with van der Waals surface area (Å²) in [6.45, 7) is 16.5. The summed E-state index contributed by atoms with van der Waals surface area (Å²) < 4.78 is 10.9. The fourth-order valence-electron chi connectivity index (χ4n) is 3.32. The van der Waals surface area contributed by atoms with Crippen LogP contribution < -0.4 is 26.3 Å². The summed E-state index contributed by atoms with van der Waals surface area (Å²) in [7, 11) is 3.15. The monoisotopic (exact) mass is 550 g/mol. The van der Waals surface area contributed by atoms with E-state index >= 15 is 0 Å². The van der Waals surface area contributed by atoms with Crippen LogP contribution in [0, 0.1) is 11.8 Å². The first-order valence-corrected chi connectivity index (χ1v) is 14.2. The molecule has 6 N–H and O–H groups in total. The van der Waals surface area contributed by atoms with Gasteiger partial charge in [-0.2, -0.15) is 4.99 Å². The fraction of sp³-hybridized carbons (Fsp3) is 0.677. The van der Waals surface area contributed by atoms with Gasteiger partial charge in [0.1, 0.15) is 17.3 Å². The van der Waals surface area contributed by atoms with Crippen molar-refractivity contribution in [2.45, 2.75) is 99.5 Å². The Hall–Kier alpha value is -2.58. The van der Waals surface area contributed by atoms with Crippen LogP contribution in [-0.2, 0) is 4.79 Å². The minimum absolute atomic E-state index is 0.0599. The maximum Gasteiger partial charge on any atom is 0.261 e. The van der Waals surface area contributed by atoms with E-state index in [1.165, 1.54) is 38.5 Å². The van der Waals surface area contributed by atoms with Gasteiger partial charge >= 0.3 is 0 Å². The van der Waals surface area contributed by atoms with Crippen LogP contribution in [0.2, 0.25) is 0 Å². The van der Waals surface area contributed by atoms with E-state index in [0.717, 1.165) is 5.92 Å². The lowest BCUT2D eigenvalue weighted by molar-refractivity contribution is -0.116. The van der Waals surface area contributed by atoms with Gasteiger partial charge in [-0.3, -0.25) is 4.79 Å². The number of amides is 1. The molecule has 1 aromatic carbocycles. The highest BCUT2D eigenvalue weighted by Gasteiger charge is 2.16. The predicted octanol–water partition coefficient (Wildman–Crippen LogP) is 5.91. The lowest BCUT2D eigenvalue weighted by atomic mass is 9.91. The van der Waals surface area contributed by atoms with E-state index in [-0.39, 0.29) is 12.4 Å². The van der Waals surface area contributed by atoms with Crippen molar-refractivity contribution in [1.29, 1.82) is 0 Å². The Morgan fingerprint density at radius 2 is 1.59 bits per heavy atom. The van der Waals surface area contributed by atoms with E-state index < -0.39 is 11.5 Å². The van der Waals surface area contributed by atoms with Crippen LogP contribution in [0.4, 0.5) is 0 Å². The first kappa shape index (κ1) is 38.6. The summed E-state index contributed by atoms with van der Waals surface area (Å²) in [6.07, 6.45) is 10.3. The lowest BCUT2D eigenvalue weighted by Crippen LogP contribution is -2.22. The van der Waals surface area contributed by atoms with Crippen molar-refractivity contribution in [3.8, 4) is 11.5 Å². The number of rotatable bonds is 8. The Kier molecular flexibility index (Phi) is 22.0. The van der Waals surface area contributed by atoms with Crippen LogP contribution in [0.25, 0.3) is 5.70 Å². The van der Waals surface area contributed by atoms with Crippen molar-refractivity contribution >= 4 is 17.4 Å². The van der Waals surface area contributed by atoms with Crippen LogP contribution in [-0.4, -0.2) is 49.8 Å². The van der Waals surface area contributed by atoms with Gasteiger partial charge in [0.2, 0.25) is 0 Å². The number of nitrogens with zero attached hydrogens (tertiary/aromatic N) is 1. The molecule has 0 aromatic heterocycles. The zero-order valence-corrected chi connectivity index (χ0v) is 26.4. The summed E-state index contributed by atoms with van der Waals surface area (Å²) in [4.78, 5) is 15.1. The minimum atomic E-state index is -0.500. The highest BCUT2D eigenvalue weighted by atomic mass is 16.5. The first-order valence-electron chi connectivity index (χ1n) is 14.2. The number of carbonyl (C=O) groups is 1. The highest BCUT2D eigenvalue weighted by molar-refractivity contribution is 6.04. The van der Waals surface area contributed by atoms with Gasteiger partial charge in [0.15, 0.2) is 0 Å². The largest absolute Gasteiger partial charge is 0.496 e. The molecule has 2 rings (SSSR count). The molecule has 1 aliphatic rings. The Labute approximate surface area is 238 Å². The van der Waals surface area contributed by atoms with E-state index in [0.29, 0.717) is 35.2 Å². The lowest BCUT2D eigenvalue weighted by Gasteiger charge is -2.18. The van der Waals surface area contributed by atoms with Crippen molar-refractivity contribution in [2.24, 2.45) is 28.3 Å². The molecule has 0 saturated heterocycles. The van der Waals surface area contributed by atoms with Gasteiger partial charge in [-0.25, -0.2) is 0 Å². The SMILES string of the molecule is CC(C)(C)O.CC1CCCCC1.CCC.COc1cccc(OC)c1/C(=C/C(N)=NC(=O)CN)NCC(C)C. The van der Waals surface area contributed by atoms with Crippen LogP contribution in [0.5, 0.6) is 11.5 Å². The second-order valence-electron chi connectivity index (χ2n) is 11.1.